The van der Waals surface area contributed by atoms with Crippen LogP contribution in [0.1, 0.15) is 17.5 Å². The molecule has 0 bridgehead atoms. The number of anilines is 1. The average Bonchev–Trinajstić information content (AvgIpc) is 2.78. The van der Waals surface area contributed by atoms with Gasteiger partial charge in [-0.3, -0.25) is 4.79 Å². The van der Waals surface area contributed by atoms with Gasteiger partial charge in [-0.05, 0) is 37.6 Å². The van der Waals surface area contributed by atoms with Gasteiger partial charge < -0.3 is 4.90 Å². The number of hydrogen-bond donors (Lipinski definition) is 1. The number of likely N-dealkylation sites (N-methyl/N-ethyl adjacent to an activating group) is 1. The molecule has 0 radical (unpaired) electrons. The number of fused-ring (bicyclic) bond motifs is 1. The van der Waals surface area contributed by atoms with Crippen LogP contribution in [0.2, 0.25) is 5.02 Å². The minimum atomic E-state index is -3.68. The summed E-state index contributed by atoms with van der Waals surface area (Å²) in [5.74, 6) is -0.322. The Bertz CT molecular complexity index is 961. The van der Waals surface area contributed by atoms with E-state index in [-0.39, 0.29) is 23.8 Å². The molecule has 0 aliphatic carbocycles. The van der Waals surface area contributed by atoms with Crippen molar-refractivity contribution in [1.29, 1.82) is 0 Å². The highest BCUT2D eigenvalue weighted by atomic mass is 35.5. The third-order valence-electron chi connectivity index (χ3n) is 4.49. The smallest absolute Gasteiger partial charge is 0.252 e. The summed E-state index contributed by atoms with van der Waals surface area (Å²) in [6.07, 6.45) is 0.0829. The highest BCUT2D eigenvalue weighted by Gasteiger charge is 2.49. The summed E-state index contributed by atoms with van der Waals surface area (Å²) >= 11 is 12.9. The Morgan fingerprint density at radius 1 is 1.15 bits per heavy atom. The topological polar surface area (TPSA) is 66.5 Å². The van der Waals surface area contributed by atoms with E-state index in [1.165, 1.54) is 17.0 Å². The molecule has 2 aromatic carbocycles. The second kappa shape index (κ2) is 6.85. The van der Waals surface area contributed by atoms with Crippen molar-refractivity contribution in [2.24, 2.45) is 0 Å². The molecular weight excluding hydrogens is 395 g/mol. The third kappa shape index (κ3) is 3.22. The Hall–Kier alpha value is -1.60. The molecule has 1 atom stereocenters. The molecule has 1 amide bonds. The van der Waals surface area contributed by atoms with Crippen molar-refractivity contribution in [2.45, 2.75) is 23.1 Å². The number of hydrogen-bond acceptors (Lipinski definition) is 3. The van der Waals surface area contributed by atoms with Gasteiger partial charge in [-0.15, -0.1) is 11.6 Å². The highest BCUT2D eigenvalue weighted by Crippen LogP contribution is 2.49. The maximum absolute atomic E-state index is 12.7. The maximum Gasteiger partial charge on any atom is 0.252 e. The van der Waals surface area contributed by atoms with Crippen molar-refractivity contribution in [3.05, 3.63) is 58.6 Å². The number of rotatable bonds is 5. The Morgan fingerprint density at radius 3 is 2.46 bits per heavy atom. The molecule has 0 aromatic heterocycles. The first-order chi connectivity index (χ1) is 12.2. The molecule has 1 aliphatic rings. The van der Waals surface area contributed by atoms with Gasteiger partial charge in [0, 0.05) is 24.2 Å². The number of amides is 1. The Labute approximate surface area is 163 Å². The van der Waals surface area contributed by atoms with Crippen LogP contribution in [0.25, 0.3) is 0 Å². The van der Waals surface area contributed by atoms with Gasteiger partial charge in [0.15, 0.2) is 4.87 Å². The molecule has 138 valence electrons. The first kappa shape index (κ1) is 19.2. The van der Waals surface area contributed by atoms with E-state index in [4.69, 9.17) is 23.2 Å². The van der Waals surface area contributed by atoms with Crippen molar-refractivity contribution in [3.63, 3.8) is 0 Å². The van der Waals surface area contributed by atoms with Gasteiger partial charge in [-0.25, -0.2) is 13.1 Å². The van der Waals surface area contributed by atoms with Gasteiger partial charge in [-0.1, -0.05) is 35.4 Å². The summed E-state index contributed by atoms with van der Waals surface area (Å²) in [5, 5.41) is 0.386. The van der Waals surface area contributed by atoms with E-state index in [9.17, 15) is 13.2 Å². The van der Waals surface area contributed by atoms with Crippen molar-refractivity contribution in [1.82, 2.24) is 4.72 Å². The number of aryl methyl sites for hydroxylation is 1. The minimum Gasteiger partial charge on any atom is -0.313 e. The van der Waals surface area contributed by atoms with Crippen molar-refractivity contribution >= 4 is 44.8 Å². The lowest BCUT2D eigenvalue weighted by molar-refractivity contribution is -0.120. The summed E-state index contributed by atoms with van der Waals surface area (Å²) < 4.78 is 27.3. The summed E-state index contributed by atoms with van der Waals surface area (Å²) in [6.45, 7) is 1.88. The molecule has 0 fully saturated rings. The van der Waals surface area contributed by atoms with Crippen LogP contribution >= 0.6 is 23.2 Å². The minimum absolute atomic E-state index is 0.00392. The van der Waals surface area contributed by atoms with Gasteiger partial charge in [0.1, 0.15) is 0 Å². The summed E-state index contributed by atoms with van der Waals surface area (Å²) in [5.41, 5.74) is 2.12. The molecule has 0 saturated carbocycles. The van der Waals surface area contributed by atoms with E-state index in [1.54, 1.807) is 37.4 Å². The summed E-state index contributed by atoms with van der Waals surface area (Å²) in [4.78, 5) is 12.9. The molecule has 26 heavy (non-hydrogen) atoms. The van der Waals surface area contributed by atoms with E-state index >= 15 is 0 Å². The first-order valence-electron chi connectivity index (χ1n) is 7.99. The van der Waals surface area contributed by atoms with Crippen molar-refractivity contribution < 1.29 is 13.2 Å². The lowest BCUT2D eigenvalue weighted by Crippen LogP contribution is -2.37. The standard InChI is InChI=1S/C18H18Cl2N2O3S/c1-12-6-8-13(9-7-12)26(24,25)21-11-10-18(20)16-14(19)4-3-5-15(16)22(2)17(18)23/h3-9,21H,10-11H2,1-2H3. The molecule has 1 heterocycles. The number of alkyl halides is 1. The maximum atomic E-state index is 12.7. The number of nitrogens with one attached hydrogen (secondary N) is 1. The van der Waals surface area contributed by atoms with Gasteiger partial charge in [0.05, 0.1) is 10.6 Å². The Balaban J connectivity index is 1.80. The van der Waals surface area contributed by atoms with E-state index in [0.29, 0.717) is 16.3 Å². The fraction of sp³-hybridized carbons (Fsp3) is 0.278. The first-order valence-corrected chi connectivity index (χ1v) is 10.2. The van der Waals surface area contributed by atoms with Crippen LogP contribution in [0, 0.1) is 6.92 Å². The van der Waals surface area contributed by atoms with Crippen molar-refractivity contribution in [3.8, 4) is 0 Å². The fourth-order valence-corrected chi connectivity index (χ4v) is 4.89. The largest absolute Gasteiger partial charge is 0.313 e. The molecule has 8 heteroatoms. The number of sulfonamides is 1. The van der Waals surface area contributed by atoms with Crippen LogP contribution < -0.4 is 9.62 Å². The van der Waals surface area contributed by atoms with Crippen LogP contribution in [0.5, 0.6) is 0 Å². The van der Waals surface area contributed by atoms with E-state index in [0.717, 1.165) is 5.56 Å². The molecular formula is C18H18Cl2N2O3S. The van der Waals surface area contributed by atoms with Gasteiger partial charge >= 0.3 is 0 Å². The van der Waals surface area contributed by atoms with Gasteiger partial charge in [0.25, 0.3) is 5.91 Å². The monoisotopic (exact) mass is 412 g/mol. The molecule has 1 unspecified atom stereocenters. The van der Waals surface area contributed by atoms with Gasteiger partial charge in [0.2, 0.25) is 10.0 Å². The molecule has 1 aliphatic heterocycles. The zero-order valence-corrected chi connectivity index (χ0v) is 16.6. The van der Waals surface area contributed by atoms with Crippen LogP contribution in [0.15, 0.2) is 47.4 Å². The predicted octanol–water partition coefficient (Wildman–Crippen LogP) is 3.43. The van der Waals surface area contributed by atoms with E-state index in [2.05, 4.69) is 4.72 Å². The lowest BCUT2D eigenvalue weighted by Gasteiger charge is -2.21. The lowest BCUT2D eigenvalue weighted by atomic mass is 9.96. The van der Waals surface area contributed by atoms with Crippen LogP contribution in [-0.4, -0.2) is 27.9 Å². The second-order valence-corrected chi connectivity index (χ2v) is 9.08. The zero-order valence-electron chi connectivity index (χ0n) is 14.3. The van der Waals surface area contributed by atoms with Crippen LogP contribution in [0.3, 0.4) is 0 Å². The third-order valence-corrected chi connectivity index (χ3v) is 6.82. The fourth-order valence-electron chi connectivity index (χ4n) is 3.06. The van der Waals surface area contributed by atoms with Crippen molar-refractivity contribution in [2.75, 3.05) is 18.5 Å². The number of carbonyl (C=O) groups excluding carboxylic acids is 1. The molecule has 0 saturated heterocycles. The average molecular weight is 413 g/mol. The Kier molecular flexibility index (Phi) is 5.05. The predicted molar refractivity (Wildman–Crippen MR) is 103 cm³/mol. The van der Waals surface area contributed by atoms with E-state index < -0.39 is 14.9 Å². The number of carbonyl (C=O) groups is 1. The SMILES string of the molecule is Cc1ccc(S(=O)(=O)NCCC2(Cl)C(=O)N(C)c3cccc(Cl)c32)cc1. The normalized spacial score (nSPS) is 19.7. The summed E-state index contributed by atoms with van der Waals surface area (Å²) in [6, 6.07) is 11.7. The van der Waals surface area contributed by atoms with Crippen LogP contribution in [0.4, 0.5) is 5.69 Å². The Morgan fingerprint density at radius 2 is 1.81 bits per heavy atom. The zero-order chi connectivity index (χ0) is 19.1. The van der Waals surface area contributed by atoms with E-state index in [1.807, 2.05) is 6.92 Å². The summed E-state index contributed by atoms with van der Waals surface area (Å²) in [7, 11) is -2.06. The molecule has 1 N–H and O–H groups in total. The van der Waals surface area contributed by atoms with Gasteiger partial charge in [-0.2, -0.15) is 0 Å². The molecule has 5 nitrogen and oxygen atoms in total. The number of benzene rings is 2. The molecule has 0 spiro atoms. The van der Waals surface area contributed by atoms with Crippen LogP contribution in [-0.2, 0) is 19.7 Å². The molecule has 3 rings (SSSR count). The quantitative estimate of drug-likeness (QED) is 0.764. The number of halogens is 2. The number of nitrogens with zero attached hydrogens (tertiary/aromatic N) is 1. The molecule has 2 aromatic rings. The highest BCUT2D eigenvalue weighted by molar-refractivity contribution is 7.89. The second-order valence-electron chi connectivity index (χ2n) is 6.26.